The van der Waals surface area contributed by atoms with Crippen LogP contribution in [0.3, 0.4) is 0 Å². The summed E-state index contributed by atoms with van der Waals surface area (Å²) in [5, 5.41) is 15.8. The minimum atomic E-state index is -0.337. The first-order valence-electron chi connectivity index (χ1n) is 6.39. The third-order valence-electron chi connectivity index (χ3n) is 3.80. The Morgan fingerprint density at radius 1 is 1.56 bits per heavy atom. The van der Waals surface area contributed by atoms with Crippen molar-refractivity contribution in [3.05, 3.63) is 23.8 Å². The van der Waals surface area contributed by atoms with Crippen molar-refractivity contribution in [3.63, 3.8) is 0 Å². The van der Waals surface area contributed by atoms with Crippen molar-refractivity contribution in [3.8, 4) is 5.75 Å². The third-order valence-corrected chi connectivity index (χ3v) is 3.80. The minimum Gasteiger partial charge on any atom is -0.506 e. The van der Waals surface area contributed by atoms with Crippen LogP contribution in [0.5, 0.6) is 5.75 Å². The molecule has 4 nitrogen and oxygen atoms in total. The lowest BCUT2D eigenvalue weighted by atomic mass is 9.83. The normalized spacial score (nSPS) is 23.0. The molecule has 1 aromatic carbocycles. The van der Waals surface area contributed by atoms with Crippen molar-refractivity contribution in [2.45, 2.75) is 26.7 Å². The van der Waals surface area contributed by atoms with Crippen LogP contribution in [0.15, 0.2) is 18.2 Å². The van der Waals surface area contributed by atoms with Gasteiger partial charge in [0.1, 0.15) is 5.75 Å². The van der Waals surface area contributed by atoms with Gasteiger partial charge in [-0.05, 0) is 44.0 Å². The van der Waals surface area contributed by atoms with Crippen molar-refractivity contribution >= 4 is 11.6 Å². The Bertz CT molecular complexity index is 451. The van der Waals surface area contributed by atoms with E-state index >= 15 is 0 Å². The summed E-state index contributed by atoms with van der Waals surface area (Å²) in [6, 6.07) is 5.22. The van der Waals surface area contributed by atoms with Crippen molar-refractivity contribution in [1.29, 1.82) is 0 Å². The average molecular weight is 248 g/mol. The predicted octanol–water partition coefficient (Wildman–Crippen LogP) is 2.03. The fourth-order valence-electron chi connectivity index (χ4n) is 2.40. The van der Waals surface area contributed by atoms with Crippen LogP contribution in [0.2, 0.25) is 0 Å². The fraction of sp³-hybridized carbons (Fsp3) is 0.500. The Balaban J connectivity index is 2.18. The number of amides is 1. The summed E-state index contributed by atoms with van der Waals surface area (Å²) in [5.41, 5.74) is 1.17. The maximum absolute atomic E-state index is 12.4. The second-order valence-corrected chi connectivity index (χ2v) is 5.04. The molecule has 1 aliphatic rings. The van der Waals surface area contributed by atoms with E-state index in [-0.39, 0.29) is 17.1 Å². The Morgan fingerprint density at radius 3 is 2.94 bits per heavy atom. The zero-order chi connectivity index (χ0) is 13.2. The molecular formula is C14H20N2O2. The van der Waals surface area contributed by atoms with Crippen LogP contribution in [0, 0.1) is 12.3 Å². The number of nitrogens with one attached hydrogen (secondary N) is 2. The second-order valence-electron chi connectivity index (χ2n) is 5.04. The SMILES string of the molecule is CCC1(C(=O)Nc2cc(C)ccc2O)CCNC1. The average Bonchev–Trinajstić information content (AvgIpc) is 2.84. The molecule has 1 amide bonds. The molecule has 1 aliphatic heterocycles. The van der Waals surface area contributed by atoms with Gasteiger partial charge in [0.15, 0.2) is 0 Å². The molecule has 1 unspecified atom stereocenters. The molecule has 98 valence electrons. The molecule has 0 bridgehead atoms. The van der Waals surface area contributed by atoms with Crippen LogP contribution in [0.25, 0.3) is 0 Å². The number of phenols is 1. The Kier molecular flexibility index (Phi) is 3.57. The molecule has 0 saturated carbocycles. The van der Waals surface area contributed by atoms with E-state index in [1.807, 2.05) is 19.9 Å². The van der Waals surface area contributed by atoms with Gasteiger partial charge in [-0.1, -0.05) is 13.0 Å². The molecule has 4 heteroatoms. The summed E-state index contributed by atoms with van der Waals surface area (Å²) in [7, 11) is 0. The molecule has 1 saturated heterocycles. The van der Waals surface area contributed by atoms with Gasteiger partial charge in [0.25, 0.3) is 0 Å². The summed E-state index contributed by atoms with van der Waals surface area (Å²) in [6.45, 7) is 5.55. The van der Waals surface area contributed by atoms with E-state index in [1.54, 1.807) is 12.1 Å². The number of phenolic OH excluding ortho intramolecular Hbond substituents is 1. The van der Waals surface area contributed by atoms with E-state index < -0.39 is 0 Å². The molecule has 0 radical (unpaired) electrons. The molecule has 3 N–H and O–H groups in total. The van der Waals surface area contributed by atoms with Crippen molar-refractivity contribution in [2.24, 2.45) is 5.41 Å². The summed E-state index contributed by atoms with van der Waals surface area (Å²) in [5.74, 6) is 0.113. The molecule has 1 aromatic rings. The molecule has 1 fully saturated rings. The van der Waals surface area contributed by atoms with Gasteiger partial charge in [0.05, 0.1) is 11.1 Å². The first kappa shape index (κ1) is 12.9. The monoisotopic (exact) mass is 248 g/mol. The van der Waals surface area contributed by atoms with Crippen LogP contribution in [-0.2, 0) is 4.79 Å². The molecule has 0 aliphatic carbocycles. The number of carbonyl (C=O) groups excluding carboxylic acids is 1. The van der Waals surface area contributed by atoms with Crippen LogP contribution in [-0.4, -0.2) is 24.1 Å². The van der Waals surface area contributed by atoms with Gasteiger partial charge in [0, 0.05) is 6.54 Å². The highest BCUT2D eigenvalue weighted by atomic mass is 16.3. The van der Waals surface area contributed by atoms with Gasteiger partial charge in [-0.2, -0.15) is 0 Å². The van der Waals surface area contributed by atoms with E-state index in [0.717, 1.165) is 24.9 Å². The van der Waals surface area contributed by atoms with Crippen molar-refractivity contribution in [2.75, 3.05) is 18.4 Å². The fourth-order valence-corrected chi connectivity index (χ4v) is 2.40. The Morgan fingerprint density at radius 2 is 2.33 bits per heavy atom. The number of hydrogen-bond acceptors (Lipinski definition) is 3. The number of aromatic hydroxyl groups is 1. The second kappa shape index (κ2) is 4.98. The van der Waals surface area contributed by atoms with E-state index in [4.69, 9.17) is 0 Å². The highest BCUT2D eigenvalue weighted by Crippen LogP contribution is 2.32. The van der Waals surface area contributed by atoms with Crippen LogP contribution >= 0.6 is 0 Å². The summed E-state index contributed by atoms with van der Waals surface area (Å²) in [4.78, 5) is 12.4. The number of rotatable bonds is 3. The standard InChI is InChI=1S/C14H20N2O2/c1-3-14(6-7-15-9-14)13(18)16-11-8-10(2)4-5-12(11)17/h4-5,8,15,17H,3,6-7,9H2,1-2H3,(H,16,18). The molecule has 1 atom stereocenters. The highest BCUT2D eigenvalue weighted by Gasteiger charge is 2.39. The Hall–Kier alpha value is -1.55. The highest BCUT2D eigenvalue weighted by molar-refractivity contribution is 5.97. The van der Waals surface area contributed by atoms with Crippen LogP contribution < -0.4 is 10.6 Å². The third kappa shape index (κ3) is 2.34. The number of hydrogen-bond donors (Lipinski definition) is 3. The zero-order valence-electron chi connectivity index (χ0n) is 10.9. The first-order chi connectivity index (χ1) is 8.57. The van der Waals surface area contributed by atoms with Gasteiger partial charge in [-0.3, -0.25) is 4.79 Å². The largest absolute Gasteiger partial charge is 0.506 e. The minimum absolute atomic E-state index is 0.00380. The molecule has 1 heterocycles. The van der Waals surface area contributed by atoms with E-state index in [9.17, 15) is 9.90 Å². The van der Waals surface area contributed by atoms with E-state index in [2.05, 4.69) is 10.6 Å². The zero-order valence-corrected chi connectivity index (χ0v) is 10.9. The maximum Gasteiger partial charge on any atom is 0.232 e. The smallest absolute Gasteiger partial charge is 0.232 e. The molecule has 0 aromatic heterocycles. The predicted molar refractivity (Wildman–Crippen MR) is 71.7 cm³/mol. The van der Waals surface area contributed by atoms with Gasteiger partial charge >= 0.3 is 0 Å². The topological polar surface area (TPSA) is 61.4 Å². The molecular weight excluding hydrogens is 228 g/mol. The lowest BCUT2D eigenvalue weighted by Crippen LogP contribution is -2.37. The van der Waals surface area contributed by atoms with Gasteiger partial charge in [0.2, 0.25) is 5.91 Å². The number of anilines is 1. The lowest BCUT2D eigenvalue weighted by molar-refractivity contribution is -0.124. The molecule has 18 heavy (non-hydrogen) atoms. The lowest BCUT2D eigenvalue weighted by Gasteiger charge is -2.25. The summed E-state index contributed by atoms with van der Waals surface area (Å²) < 4.78 is 0. The van der Waals surface area contributed by atoms with E-state index in [1.165, 1.54) is 0 Å². The van der Waals surface area contributed by atoms with Gasteiger partial charge in [-0.15, -0.1) is 0 Å². The van der Waals surface area contributed by atoms with Crippen molar-refractivity contribution in [1.82, 2.24) is 5.32 Å². The number of carbonyl (C=O) groups is 1. The maximum atomic E-state index is 12.4. The summed E-state index contributed by atoms with van der Waals surface area (Å²) in [6.07, 6.45) is 1.65. The summed E-state index contributed by atoms with van der Waals surface area (Å²) >= 11 is 0. The Labute approximate surface area is 107 Å². The first-order valence-corrected chi connectivity index (χ1v) is 6.39. The van der Waals surface area contributed by atoms with Crippen molar-refractivity contribution < 1.29 is 9.90 Å². The molecule has 2 rings (SSSR count). The van der Waals surface area contributed by atoms with Gasteiger partial charge < -0.3 is 15.7 Å². The van der Waals surface area contributed by atoms with Crippen LogP contribution in [0.1, 0.15) is 25.3 Å². The quantitative estimate of drug-likeness (QED) is 0.717. The number of benzene rings is 1. The van der Waals surface area contributed by atoms with E-state index in [0.29, 0.717) is 12.2 Å². The van der Waals surface area contributed by atoms with Crippen LogP contribution in [0.4, 0.5) is 5.69 Å². The van der Waals surface area contributed by atoms with Gasteiger partial charge in [-0.25, -0.2) is 0 Å². The molecule has 0 spiro atoms. The number of aryl methyl sites for hydroxylation is 1.